The lowest BCUT2D eigenvalue weighted by Crippen LogP contribution is -2.70. The highest BCUT2D eigenvalue weighted by molar-refractivity contribution is 8.02. The van der Waals surface area contributed by atoms with Crippen LogP contribution in [-0.2, 0) is 20.8 Å². The second kappa shape index (κ2) is 8.01. The fourth-order valence-corrected chi connectivity index (χ4v) is 4.99. The van der Waals surface area contributed by atoms with Crippen LogP contribution in [0.2, 0.25) is 0 Å². The van der Waals surface area contributed by atoms with Crippen molar-refractivity contribution in [1.29, 1.82) is 0 Å². The van der Waals surface area contributed by atoms with Crippen LogP contribution < -0.4 is 5.32 Å². The summed E-state index contributed by atoms with van der Waals surface area (Å²) >= 11 is 2.87. The van der Waals surface area contributed by atoms with Crippen molar-refractivity contribution in [3.63, 3.8) is 0 Å². The van der Waals surface area contributed by atoms with E-state index in [4.69, 9.17) is 0 Å². The number of carbonyl (C=O) groups excluding carboxylic acids is 2. The van der Waals surface area contributed by atoms with Crippen molar-refractivity contribution >= 4 is 41.3 Å². The maximum absolute atomic E-state index is 12.5. The van der Waals surface area contributed by atoms with E-state index < -0.39 is 12.0 Å². The van der Waals surface area contributed by atoms with Crippen LogP contribution in [0, 0.1) is 0 Å². The van der Waals surface area contributed by atoms with Crippen molar-refractivity contribution in [3.05, 3.63) is 59.2 Å². The van der Waals surface area contributed by atoms with E-state index in [1.807, 2.05) is 30.3 Å². The van der Waals surface area contributed by atoms with Gasteiger partial charge < -0.3 is 10.4 Å². The molecule has 1 saturated heterocycles. The lowest BCUT2D eigenvalue weighted by molar-refractivity contribution is -0.150. The zero-order chi connectivity index (χ0) is 18.7. The molecule has 2 aliphatic rings. The molecule has 1 aromatic rings. The monoisotopic (exact) mass is 390 g/mol. The zero-order valence-electron chi connectivity index (χ0n) is 13.9. The van der Waals surface area contributed by atoms with E-state index in [1.165, 1.54) is 28.4 Å². The molecule has 2 heterocycles. The highest BCUT2D eigenvalue weighted by Crippen LogP contribution is 2.41. The van der Waals surface area contributed by atoms with Gasteiger partial charge in [0.15, 0.2) is 0 Å². The van der Waals surface area contributed by atoms with Crippen LogP contribution in [-0.4, -0.2) is 50.7 Å². The van der Waals surface area contributed by atoms with Gasteiger partial charge in [-0.3, -0.25) is 14.5 Å². The molecule has 136 valence electrons. The summed E-state index contributed by atoms with van der Waals surface area (Å²) in [6, 6.07) is 8.58. The normalized spacial score (nSPS) is 21.7. The largest absolute Gasteiger partial charge is 0.477 e. The van der Waals surface area contributed by atoms with Crippen LogP contribution in [0.1, 0.15) is 5.56 Å². The minimum Gasteiger partial charge on any atom is -0.477 e. The van der Waals surface area contributed by atoms with E-state index >= 15 is 0 Å². The van der Waals surface area contributed by atoms with Crippen LogP contribution in [0.5, 0.6) is 0 Å². The number of benzene rings is 1. The van der Waals surface area contributed by atoms with Gasteiger partial charge in [-0.05, 0) is 16.5 Å². The molecule has 8 heteroatoms. The Labute approximate surface area is 159 Å². The van der Waals surface area contributed by atoms with E-state index in [-0.39, 0.29) is 29.3 Å². The quantitative estimate of drug-likeness (QED) is 0.691. The molecule has 1 aromatic carbocycles. The number of fused-ring (bicyclic) bond motifs is 1. The summed E-state index contributed by atoms with van der Waals surface area (Å²) in [4.78, 5) is 37.7. The number of amides is 2. The van der Waals surface area contributed by atoms with Gasteiger partial charge in [0.2, 0.25) is 5.91 Å². The number of hydrogen-bond donors (Lipinski definition) is 2. The predicted molar refractivity (Wildman–Crippen MR) is 102 cm³/mol. The van der Waals surface area contributed by atoms with Crippen LogP contribution in [0.25, 0.3) is 0 Å². The Bertz CT molecular complexity index is 779. The van der Waals surface area contributed by atoms with Crippen LogP contribution in [0.3, 0.4) is 0 Å². The summed E-state index contributed by atoms with van der Waals surface area (Å²) in [7, 11) is 0. The average molecular weight is 390 g/mol. The second-order valence-electron chi connectivity index (χ2n) is 5.85. The van der Waals surface area contributed by atoms with Crippen LogP contribution in [0.15, 0.2) is 53.6 Å². The number of nitrogens with one attached hydrogen (secondary N) is 1. The van der Waals surface area contributed by atoms with Gasteiger partial charge in [0.05, 0.1) is 6.42 Å². The summed E-state index contributed by atoms with van der Waals surface area (Å²) in [6.07, 6.45) is 0.185. The van der Waals surface area contributed by atoms with Gasteiger partial charge in [0.25, 0.3) is 5.91 Å². The van der Waals surface area contributed by atoms with E-state index in [9.17, 15) is 19.5 Å². The summed E-state index contributed by atoms with van der Waals surface area (Å²) < 4.78 is 0. The second-order valence-corrected chi connectivity index (χ2v) is 7.91. The first kappa shape index (κ1) is 18.6. The van der Waals surface area contributed by atoms with Gasteiger partial charge in [-0.15, -0.1) is 23.5 Å². The molecule has 0 spiro atoms. The van der Waals surface area contributed by atoms with Crippen molar-refractivity contribution in [1.82, 2.24) is 10.2 Å². The number of nitrogens with zero attached hydrogens (tertiary/aromatic N) is 1. The molecular weight excluding hydrogens is 372 g/mol. The number of hydrogen-bond acceptors (Lipinski definition) is 5. The van der Waals surface area contributed by atoms with E-state index in [0.29, 0.717) is 17.1 Å². The fourth-order valence-electron chi connectivity index (χ4n) is 2.96. The Morgan fingerprint density at radius 1 is 1.38 bits per heavy atom. The fraction of sp³-hybridized carbons (Fsp3) is 0.278. The summed E-state index contributed by atoms with van der Waals surface area (Å²) in [5.74, 6) is -0.732. The first-order chi connectivity index (χ1) is 12.5. The number of thioether (sulfide) groups is 2. The van der Waals surface area contributed by atoms with E-state index in [2.05, 4.69) is 11.9 Å². The van der Waals surface area contributed by atoms with Crippen LogP contribution in [0.4, 0.5) is 0 Å². The molecule has 2 amide bonds. The Morgan fingerprint density at radius 2 is 2.12 bits per heavy atom. The van der Waals surface area contributed by atoms with Crippen molar-refractivity contribution < 1.29 is 19.5 Å². The number of aliphatic carboxylic acids is 1. The Hall–Kier alpha value is -2.19. The summed E-state index contributed by atoms with van der Waals surface area (Å²) in [6.45, 7) is 3.62. The van der Waals surface area contributed by atoms with Gasteiger partial charge in [-0.2, -0.15) is 0 Å². The molecule has 2 atom stereocenters. The van der Waals surface area contributed by atoms with E-state index in [0.717, 1.165) is 5.56 Å². The molecular formula is C18H18N2O4S2. The first-order valence-electron chi connectivity index (χ1n) is 7.98. The van der Waals surface area contributed by atoms with Crippen molar-refractivity contribution in [3.8, 4) is 0 Å². The number of β-lactam (4-membered cyclic amide) rings is 1. The molecule has 0 aliphatic carbocycles. The number of rotatable bonds is 7. The van der Waals surface area contributed by atoms with Crippen molar-refractivity contribution in [2.75, 3.05) is 11.5 Å². The van der Waals surface area contributed by atoms with Gasteiger partial charge in [0, 0.05) is 11.5 Å². The molecule has 0 radical (unpaired) electrons. The molecule has 2 N–H and O–H groups in total. The highest BCUT2D eigenvalue weighted by Gasteiger charge is 2.54. The standard InChI is InChI=1S/C18H18N2O4S2/c1-2-25-9-12-10-26-17-14(16(22)20(17)15(12)18(23)24)19-13(21)8-11-6-4-3-5-7-11/h2-7,14,17H,1,8-10H2,(H,19,21)(H,23,24)/t14?,17-/m0/s1. The molecule has 0 bridgehead atoms. The molecule has 1 fully saturated rings. The molecule has 3 rings (SSSR count). The summed E-state index contributed by atoms with van der Waals surface area (Å²) in [5, 5.41) is 13.5. The predicted octanol–water partition coefficient (Wildman–Crippen LogP) is 1.84. The van der Waals surface area contributed by atoms with Gasteiger partial charge in [-0.1, -0.05) is 36.9 Å². The molecule has 26 heavy (non-hydrogen) atoms. The summed E-state index contributed by atoms with van der Waals surface area (Å²) in [5.41, 5.74) is 1.60. The third kappa shape index (κ3) is 3.66. The van der Waals surface area contributed by atoms with Gasteiger partial charge in [0.1, 0.15) is 17.1 Å². The third-order valence-electron chi connectivity index (χ3n) is 4.15. The zero-order valence-corrected chi connectivity index (χ0v) is 15.5. The highest BCUT2D eigenvalue weighted by atomic mass is 32.2. The minimum absolute atomic E-state index is 0.0432. The Balaban J connectivity index is 1.69. The van der Waals surface area contributed by atoms with Gasteiger partial charge in [-0.25, -0.2) is 4.79 Å². The lowest BCUT2D eigenvalue weighted by atomic mass is 10.0. The molecule has 2 aliphatic heterocycles. The maximum Gasteiger partial charge on any atom is 0.352 e. The van der Waals surface area contributed by atoms with Crippen molar-refractivity contribution in [2.24, 2.45) is 0 Å². The van der Waals surface area contributed by atoms with Crippen LogP contribution >= 0.6 is 23.5 Å². The van der Waals surface area contributed by atoms with Crippen molar-refractivity contribution in [2.45, 2.75) is 17.8 Å². The molecule has 0 saturated carbocycles. The molecule has 6 nitrogen and oxygen atoms in total. The SMILES string of the molecule is C=CSCC1=C(C(=O)O)N2C(=O)C(NC(=O)Cc3ccccc3)[C@@H]2SC1. The third-order valence-corrected chi connectivity index (χ3v) is 6.24. The smallest absolute Gasteiger partial charge is 0.352 e. The Morgan fingerprint density at radius 3 is 2.77 bits per heavy atom. The number of carboxylic acid groups (broad SMARTS) is 1. The van der Waals surface area contributed by atoms with E-state index in [1.54, 1.807) is 5.41 Å². The number of carboxylic acids is 1. The maximum atomic E-state index is 12.5. The average Bonchev–Trinajstić information content (AvgIpc) is 2.64. The molecule has 1 unspecified atom stereocenters. The number of carbonyl (C=O) groups is 3. The lowest BCUT2D eigenvalue weighted by Gasteiger charge is -2.49. The molecule has 0 aromatic heterocycles. The minimum atomic E-state index is -1.11. The van der Waals surface area contributed by atoms with Gasteiger partial charge >= 0.3 is 5.97 Å². The topological polar surface area (TPSA) is 86.7 Å². The first-order valence-corrected chi connectivity index (χ1v) is 10.1. The Kier molecular flexibility index (Phi) is 5.73.